The van der Waals surface area contributed by atoms with E-state index in [4.69, 9.17) is 4.74 Å². The zero-order valence-electron chi connectivity index (χ0n) is 11.9. The van der Waals surface area contributed by atoms with Crippen molar-refractivity contribution in [3.05, 3.63) is 48.5 Å². The number of nitrogens with zero attached hydrogens (tertiary/aromatic N) is 2. The third-order valence-electron chi connectivity index (χ3n) is 3.87. The first-order valence-corrected chi connectivity index (χ1v) is 7.17. The van der Waals surface area contributed by atoms with Gasteiger partial charge in [0.15, 0.2) is 0 Å². The number of hydrogen-bond acceptors (Lipinski definition) is 3. The summed E-state index contributed by atoms with van der Waals surface area (Å²) in [4.78, 5) is 4.06. The van der Waals surface area contributed by atoms with Crippen molar-refractivity contribution in [3.63, 3.8) is 0 Å². The van der Waals surface area contributed by atoms with E-state index in [1.807, 2.05) is 17.1 Å². The summed E-state index contributed by atoms with van der Waals surface area (Å²) in [6.45, 7) is 4.88. The van der Waals surface area contributed by atoms with E-state index in [2.05, 4.69) is 41.5 Å². The molecule has 106 valence electrons. The van der Waals surface area contributed by atoms with Gasteiger partial charge in [-0.2, -0.15) is 0 Å². The standard InChI is InChI=1S/C16H21N3O/c1-16(7-2-10-20-16)12-18-11-14-3-5-15(6-4-14)19-9-8-17-13-19/h3-6,8-9,13,18H,2,7,10-12H2,1H3. The SMILES string of the molecule is CC1(CNCc2ccc(-n3ccnc3)cc2)CCCO1. The average Bonchev–Trinajstić information content (AvgIpc) is 3.11. The fraction of sp³-hybridized carbons (Fsp3) is 0.438. The molecule has 1 atom stereocenters. The van der Waals surface area contributed by atoms with Gasteiger partial charge in [-0.1, -0.05) is 12.1 Å². The zero-order chi connectivity index (χ0) is 13.8. The Labute approximate surface area is 119 Å². The van der Waals surface area contributed by atoms with Crippen LogP contribution < -0.4 is 5.32 Å². The summed E-state index contributed by atoms with van der Waals surface area (Å²) in [6.07, 6.45) is 7.88. The van der Waals surface area contributed by atoms with Crippen molar-refractivity contribution in [3.8, 4) is 5.69 Å². The minimum Gasteiger partial charge on any atom is -0.374 e. The summed E-state index contributed by atoms with van der Waals surface area (Å²) < 4.78 is 7.78. The van der Waals surface area contributed by atoms with Crippen LogP contribution in [0.5, 0.6) is 0 Å². The van der Waals surface area contributed by atoms with Crippen molar-refractivity contribution < 1.29 is 4.74 Å². The average molecular weight is 271 g/mol. The van der Waals surface area contributed by atoms with Gasteiger partial charge in [0, 0.05) is 37.8 Å². The van der Waals surface area contributed by atoms with Crippen molar-refractivity contribution in [1.82, 2.24) is 14.9 Å². The topological polar surface area (TPSA) is 39.1 Å². The van der Waals surface area contributed by atoms with E-state index >= 15 is 0 Å². The highest BCUT2D eigenvalue weighted by Gasteiger charge is 2.28. The number of nitrogens with one attached hydrogen (secondary N) is 1. The van der Waals surface area contributed by atoms with E-state index in [0.717, 1.165) is 31.8 Å². The molecule has 1 aromatic heterocycles. The lowest BCUT2D eigenvalue weighted by Gasteiger charge is -2.23. The molecule has 0 bridgehead atoms. The summed E-state index contributed by atoms with van der Waals surface area (Å²) in [6, 6.07) is 8.54. The van der Waals surface area contributed by atoms with Crippen molar-refractivity contribution in [2.45, 2.75) is 31.9 Å². The molecule has 4 heteroatoms. The molecule has 1 aliphatic heterocycles. The maximum Gasteiger partial charge on any atom is 0.0991 e. The third kappa shape index (κ3) is 3.08. The Morgan fingerprint density at radius 2 is 2.20 bits per heavy atom. The third-order valence-corrected chi connectivity index (χ3v) is 3.87. The molecule has 3 rings (SSSR count). The molecule has 2 aromatic rings. The van der Waals surface area contributed by atoms with E-state index in [9.17, 15) is 0 Å². The molecule has 0 saturated carbocycles. The molecule has 1 aliphatic rings. The first kappa shape index (κ1) is 13.3. The van der Waals surface area contributed by atoms with Gasteiger partial charge in [-0.05, 0) is 37.5 Å². The lowest BCUT2D eigenvalue weighted by Crippen LogP contribution is -2.36. The first-order valence-electron chi connectivity index (χ1n) is 7.17. The van der Waals surface area contributed by atoms with Gasteiger partial charge in [-0.15, -0.1) is 0 Å². The monoisotopic (exact) mass is 271 g/mol. The zero-order valence-corrected chi connectivity index (χ0v) is 11.9. The number of hydrogen-bond donors (Lipinski definition) is 1. The maximum atomic E-state index is 5.77. The molecule has 20 heavy (non-hydrogen) atoms. The molecular weight excluding hydrogens is 250 g/mol. The fourth-order valence-corrected chi connectivity index (χ4v) is 2.65. The van der Waals surface area contributed by atoms with Crippen LogP contribution in [0, 0.1) is 0 Å². The van der Waals surface area contributed by atoms with E-state index in [1.54, 1.807) is 6.20 Å². The Kier molecular flexibility index (Phi) is 3.85. The van der Waals surface area contributed by atoms with E-state index in [-0.39, 0.29) is 5.60 Å². The quantitative estimate of drug-likeness (QED) is 0.908. The number of aromatic nitrogens is 2. The fourth-order valence-electron chi connectivity index (χ4n) is 2.65. The van der Waals surface area contributed by atoms with Gasteiger partial charge in [0.1, 0.15) is 0 Å². The van der Waals surface area contributed by atoms with Crippen LogP contribution in [0.4, 0.5) is 0 Å². The summed E-state index contributed by atoms with van der Waals surface area (Å²) >= 11 is 0. The predicted octanol–water partition coefficient (Wildman–Crippen LogP) is 2.53. The highest BCUT2D eigenvalue weighted by Crippen LogP contribution is 2.24. The van der Waals surface area contributed by atoms with Crippen molar-refractivity contribution in [2.24, 2.45) is 0 Å². The van der Waals surface area contributed by atoms with Crippen molar-refractivity contribution >= 4 is 0 Å². The maximum absolute atomic E-state index is 5.77. The van der Waals surface area contributed by atoms with E-state index in [0.29, 0.717) is 0 Å². The predicted molar refractivity (Wildman–Crippen MR) is 78.9 cm³/mol. The van der Waals surface area contributed by atoms with E-state index < -0.39 is 0 Å². The Morgan fingerprint density at radius 1 is 1.35 bits per heavy atom. The smallest absolute Gasteiger partial charge is 0.0991 e. The number of rotatable bonds is 5. The van der Waals surface area contributed by atoms with Gasteiger partial charge in [0.05, 0.1) is 11.9 Å². The second-order valence-corrected chi connectivity index (χ2v) is 5.64. The highest BCUT2D eigenvalue weighted by molar-refractivity contribution is 5.34. The van der Waals surface area contributed by atoms with Crippen LogP contribution in [0.15, 0.2) is 43.0 Å². The summed E-state index contributed by atoms with van der Waals surface area (Å²) in [5.74, 6) is 0. The lowest BCUT2D eigenvalue weighted by molar-refractivity contribution is 0.0207. The van der Waals surface area contributed by atoms with Crippen LogP contribution in [0.2, 0.25) is 0 Å². The Balaban J connectivity index is 1.53. The van der Waals surface area contributed by atoms with Crippen molar-refractivity contribution in [2.75, 3.05) is 13.2 Å². The molecule has 1 fully saturated rings. The molecule has 0 spiro atoms. The molecule has 0 amide bonds. The van der Waals surface area contributed by atoms with Crippen LogP contribution in [0.1, 0.15) is 25.3 Å². The molecular formula is C16H21N3O. The first-order chi connectivity index (χ1) is 9.75. The second-order valence-electron chi connectivity index (χ2n) is 5.64. The molecule has 1 N–H and O–H groups in total. The number of ether oxygens (including phenoxy) is 1. The minimum absolute atomic E-state index is 0.0246. The summed E-state index contributed by atoms with van der Waals surface area (Å²) in [5.41, 5.74) is 2.45. The Bertz CT molecular complexity index is 527. The Morgan fingerprint density at radius 3 is 2.85 bits per heavy atom. The summed E-state index contributed by atoms with van der Waals surface area (Å²) in [7, 11) is 0. The van der Waals surface area contributed by atoms with Crippen molar-refractivity contribution in [1.29, 1.82) is 0 Å². The Hall–Kier alpha value is -1.65. The minimum atomic E-state index is 0.0246. The van der Waals surface area contributed by atoms with Crippen LogP contribution in [-0.4, -0.2) is 28.3 Å². The molecule has 0 radical (unpaired) electrons. The van der Waals surface area contributed by atoms with Gasteiger partial charge >= 0.3 is 0 Å². The van der Waals surface area contributed by atoms with Gasteiger partial charge in [-0.3, -0.25) is 0 Å². The van der Waals surface area contributed by atoms with Gasteiger partial charge < -0.3 is 14.6 Å². The van der Waals surface area contributed by atoms with Crippen LogP contribution in [0.3, 0.4) is 0 Å². The summed E-state index contributed by atoms with van der Waals surface area (Å²) in [5, 5.41) is 3.49. The normalized spacial score (nSPS) is 22.2. The van der Waals surface area contributed by atoms with E-state index in [1.165, 1.54) is 12.0 Å². The largest absolute Gasteiger partial charge is 0.374 e. The van der Waals surface area contributed by atoms with Gasteiger partial charge in [-0.25, -0.2) is 4.98 Å². The molecule has 1 saturated heterocycles. The van der Waals surface area contributed by atoms with Crippen LogP contribution >= 0.6 is 0 Å². The van der Waals surface area contributed by atoms with Gasteiger partial charge in [0.2, 0.25) is 0 Å². The molecule has 2 heterocycles. The number of benzene rings is 1. The molecule has 4 nitrogen and oxygen atoms in total. The molecule has 1 unspecified atom stereocenters. The second kappa shape index (κ2) is 5.77. The molecule has 0 aliphatic carbocycles. The lowest BCUT2D eigenvalue weighted by atomic mass is 10.0. The molecule has 1 aromatic carbocycles. The van der Waals surface area contributed by atoms with Crippen LogP contribution in [0.25, 0.3) is 5.69 Å². The van der Waals surface area contributed by atoms with Crippen LogP contribution in [-0.2, 0) is 11.3 Å². The van der Waals surface area contributed by atoms with Gasteiger partial charge in [0.25, 0.3) is 0 Å². The highest BCUT2D eigenvalue weighted by atomic mass is 16.5. The number of imidazole rings is 1.